The molecule has 2 N–H and O–H groups in total. The van der Waals surface area contributed by atoms with Crippen LogP contribution in [0.3, 0.4) is 0 Å². The van der Waals surface area contributed by atoms with Gasteiger partial charge in [-0.05, 0) is 60.8 Å². The molecular formula is C19H23KN5O3S. The van der Waals surface area contributed by atoms with Gasteiger partial charge in [0.1, 0.15) is 5.82 Å². The van der Waals surface area contributed by atoms with Crippen molar-refractivity contribution in [2.45, 2.75) is 43.6 Å². The molecule has 0 aliphatic heterocycles. The Hall–Kier alpha value is -1.04. The average molecular weight is 441 g/mol. The molecule has 0 unspecified atom stereocenters. The molecule has 2 aliphatic carbocycles. The molecule has 4 rings (SSSR count). The van der Waals surface area contributed by atoms with Crippen LogP contribution in [0.5, 0.6) is 0 Å². The number of anilines is 2. The number of aryl methyl sites for hydroxylation is 2. The predicted octanol–water partition coefficient (Wildman–Crippen LogP) is 1.65. The molecule has 1 aromatic heterocycles. The van der Waals surface area contributed by atoms with Gasteiger partial charge in [-0.25, -0.2) is 14.5 Å². The van der Waals surface area contributed by atoms with Crippen LogP contribution < -0.4 is 14.9 Å². The van der Waals surface area contributed by atoms with E-state index < -0.39 is 16.1 Å². The van der Waals surface area contributed by atoms with Crippen LogP contribution in [0.4, 0.5) is 16.3 Å². The van der Waals surface area contributed by atoms with Gasteiger partial charge in [0, 0.05) is 71.2 Å². The van der Waals surface area contributed by atoms with Gasteiger partial charge in [-0.15, -0.1) is 0 Å². The van der Waals surface area contributed by atoms with Crippen LogP contribution in [0.1, 0.15) is 35.1 Å². The van der Waals surface area contributed by atoms with E-state index in [0.29, 0.717) is 5.82 Å². The number of urea groups is 1. The molecule has 0 spiro atoms. The van der Waals surface area contributed by atoms with Crippen molar-refractivity contribution < 1.29 is 13.2 Å². The monoisotopic (exact) mass is 440 g/mol. The van der Waals surface area contributed by atoms with Crippen molar-refractivity contribution in [3.63, 3.8) is 0 Å². The van der Waals surface area contributed by atoms with Crippen LogP contribution in [-0.4, -0.2) is 89.9 Å². The number of benzene rings is 1. The number of sulfonamides is 1. The fraction of sp³-hybridized carbons (Fsp3) is 0.421. The Labute approximate surface area is 213 Å². The third-order valence-corrected chi connectivity index (χ3v) is 6.47. The minimum Gasteiger partial charge on any atom is -0.361 e. The summed E-state index contributed by atoms with van der Waals surface area (Å²) in [4.78, 5) is 22.2. The molecular weight excluding hydrogens is 417 g/mol. The van der Waals surface area contributed by atoms with Gasteiger partial charge in [0.15, 0.2) is 5.03 Å². The summed E-state index contributed by atoms with van der Waals surface area (Å²) < 4.78 is 27.2. The van der Waals surface area contributed by atoms with Crippen molar-refractivity contribution in [2.75, 3.05) is 24.3 Å². The van der Waals surface area contributed by atoms with Gasteiger partial charge < -0.3 is 10.2 Å². The average Bonchev–Trinajstić information content (AvgIpc) is 3.30. The largest absolute Gasteiger partial charge is 0.361 e. The van der Waals surface area contributed by atoms with E-state index in [-0.39, 0.29) is 56.4 Å². The maximum atomic E-state index is 12.6. The van der Waals surface area contributed by atoms with Crippen molar-refractivity contribution >= 4 is 78.9 Å². The van der Waals surface area contributed by atoms with Crippen molar-refractivity contribution in [2.24, 2.45) is 0 Å². The maximum absolute atomic E-state index is 12.6. The number of fused-ring (bicyclic) bond motifs is 2. The number of nitrogens with one attached hydrogen (secondary N) is 2. The Morgan fingerprint density at radius 1 is 1.03 bits per heavy atom. The second-order valence-corrected chi connectivity index (χ2v) is 9.03. The molecule has 2 amide bonds. The van der Waals surface area contributed by atoms with E-state index in [9.17, 15) is 13.2 Å². The fourth-order valence-corrected chi connectivity index (χ4v) is 4.78. The molecule has 10 heteroatoms. The smallest absolute Gasteiger partial charge is 0.333 e. The number of hydrogen-bond donors (Lipinski definition) is 2. The third-order valence-electron chi connectivity index (χ3n) is 5.27. The number of carbonyl (C=O) groups excluding carboxylic acids is 1. The van der Waals surface area contributed by atoms with E-state index in [1.54, 1.807) is 19.0 Å². The normalized spacial score (nSPS) is 14.6. The molecule has 0 saturated heterocycles. The number of aromatic nitrogens is 2. The molecule has 2 aromatic rings. The molecule has 2 aliphatic rings. The first kappa shape index (κ1) is 22.6. The summed E-state index contributed by atoms with van der Waals surface area (Å²) in [6.45, 7) is 0. The van der Waals surface area contributed by atoms with Crippen LogP contribution >= 0.6 is 0 Å². The summed E-state index contributed by atoms with van der Waals surface area (Å²) >= 11 is 0. The molecule has 1 heterocycles. The topological polar surface area (TPSA) is 104 Å². The summed E-state index contributed by atoms with van der Waals surface area (Å²) in [6.07, 6.45) is 8.51. The second kappa shape index (κ2) is 8.99. The number of hydrogen-bond acceptors (Lipinski definition) is 6. The van der Waals surface area contributed by atoms with Gasteiger partial charge in [-0.2, -0.15) is 8.42 Å². The molecule has 29 heavy (non-hydrogen) atoms. The SMILES string of the molecule is CN(C)c1cncc(S(=O)(=O)NC(=O)Nc2c3c(cc4c2CCC4)CCC3)n1.[K]. The van der Waals surface area contributed by atoms with E-state index in [4.69, 9.17) is 0 Å². The number of nitrogens with zero attached hydrogens (tertiary/aromatic N) is 3. The van der Waals surface area contributed by atoms with E-state index in [1.807, 2.05) is 0 Å². The zero-order valence-corrected chi connectivity index (χ0v) is 20.9. The van der Waals surface area contributed by atoms with Crippen LogP contribution in [0.2, 0.25) is 0 Å². The molecule has 0 fully saturated rings. The summed E-state index contributed by atoms with van der Waals surface area (Å²) in [6, 6.07) is 1.48. The van der Waals surface area contributed by atoms with Crippen LogP contribution in [-0.2, 0) is 35.7 Å². The first-order valence-corrected chi connectivity index (χ1v) is 10.8. The summed E-state index contributed by atoms with van der Waals surface area (Å²) in [7, 11) is -0.660. The zero-order chi connectivity index (χ0) is 19.9. The van der Waals surface area contributed by atoms with Crippen LogP contribution in [0, 0.1) is 0 Å². The Kier molecular flexibility index (Phi) is 7.01. The van der Waals surface area contributed by atoms with Crippen molar-refractivity contribution in [3.8, 4) is 0 Å². The van der Waals surface area contributed by atoms with Gasteiger partial charge in [-0.3, -0.25) is 4.98 Å². The van der Waals surface area contributed by atoms with E-state index >= 15 is 0 Å². The molecule has 0 saturated carbocycles. The van der Waals surface area contributed by atoms with Gasteiger partial charge in [0.2, 0.25) is 0 Å². The third kappa shape index (κ3) is 4.67. The Bertz CT molecular complexity index is 1020. The van der Waals surface area contributed by atoms with E-state index in [2.05, 4.69) is 26.1 Å². The van der Waals surface area contributed by atoms with Gasteiger partial charge in [0.05, 0.1) is 12.4 Å². The summed E-state index contributed by atoms with van der Waals surface area (Å²) in [5, 5.41) is 2.52. The first-order chi connectivity index (χ1) is 13.3. The predicted molar refractivity (Wildman–Crippen MR) is 112 cm³/mol. The van der Waals surface area contributed by atoms with Crippen molar-refractivity contribution in [3.05, 3.63) is 40.7 Å². The Morgan fingerprint density at radius 2 is 1.66 bits per heavy atom. The van der Waals surface area contributed by atoms with Crippen LogP contribution in [0.25, 0.3) is 0 Å². The summed E-state index contributed by atoms with van der Waals surface area (Å²) in [5.41, 5.74) is 5.61. The Balaban J connectivity index is 0.00000240. The molecule has 0 bridgehead atoms. The Morgan fingerprint density at radius 3 is 2.24 bits per heavy atom. The minimum absolute atomic E-state index is 0. The fourth-order valence-electron chi connectivity index (χ4n) is 3.96. The van der Waals surface area contributed by atoms with Crippen LogP contribution in [0.15, 0.2) is 23.5 Å². The molecule has 1 aromatic carbocycles. The molecule has 8 nitrogen and oxygen atoms in total. The number of carbonyl (C=O) groups is 1. The van der Waals surface area contributed by atoms with E-state index in [1.165, 1.54) is 17.3 Å². The minimum atomic E-state index is -4.13. The van der Waals surface area contributed by atoms with Gasteiger partial charge in [0.25, 0.3) is 10.0 Å². The number of amides is 2. The standard InChI is InChI=1S/C19H23N5O3S.K/c1-24(2)16-10-20-11-17(21-16)28(26,27)23-19(25)22-18-14-7-3-5-12(14)9-13-6-4-8-15(13)18;/h9-11H,3-8H2,1-2H3,(H2,22,23,25);. The number of rotatable bonds is 4. The van der Waals surface area contributed by atoms with Crippen molar-refractivity contribution in [1.29, 1.82) is 0 Å². The molecule has 1 radical (unpaired) electrons. The van der Waals surface area contributed by atoms with Gasteiger partial charge in [-0.1, -0.05) is 6.07 Å². The van der Waals surface area contributed by atoms with Gasteiger partial charge >= 0.3 is 6.03 Å². The first-order valence-electron chi connectivity index (χ1n) is 9.35. The zero-order valence-electron chi connectivity index (χ0n) is 16.9. The quantitative estimate of drug-likeness (QED) is 0.701. The maximum Gasteiger partial charge on any atom is 0.333 e. The molecule has 0 atom stereocenters. The van der Waals surface area contributed by atoms with Crippen molar-refractivity contribution in [1.82, 2.24) is 14.7 Å². The molecule has 149 valence electrons. The van der Waals surface area contributed by atoms with E-state index in [0.717, 1.165) is 61.5 Å². The second-order valence-electron chi connectivity index (χ2n) is 7.40. The summed E-state index contributed by atoms with van der Waals surface area (Å²) in [5.74, 6) is 0.391.